The summed E-state index contributed by atoms with van der Waals surface area (Å²) in [6.45, 7) is 0.902. The molecule has 0 radical (unpaired) electrons. The number of halogens is 1. The van der Waals surface area contributed by atoms with Gasteiger partial charge in [-0.1, -0.05) is 30.3 Å². The van der Waals surface area contributed by atoms with Gasteiger partial charge in [-0.25, -0.2) is 4.98 Å². The molecule has 0 aliphatic heterocycles. The minimum Gasteiger partial charge on any atom is -0.383 e. The van der Waals surface area contributed by atoms with Gasteiger partial charge in [0.25, 0.3) is 0 Å². The van der Waals surface area contributed by atoms with Crippen LogP contribution >= 0.6 is 46.8 Å². The fourth-order valence-electron chi connectivity index (χ4n) is 2.45. The van der Waals surface area contributed by atoms with Crippen LogP contribution in [0.2, 0.25) is 0 Å². The van der Waals surface area contributed by atoms with Crippen LogP contribution in [0.3, 0.4) is 0 Å². The summed E-state index contributed by atoms with van der Waals surface area (Å²) in [5.74, 6) is 0.112. The number of rotatable bonds is 8. The number of nitrogens with one attached hydrogen (secondary N) is 2. The topological polar surface area (TPSA) is 74.8 Å². The van der Waals surface area contributed by atoms with Crippen LogP contribution in [-0.2, 0) is 6.42 Å². The molecule has 0 aliphatic rings. The minimum atomic E-state index is 0. The first-order chi connectivity index (χ1) is 12.2. The van der Waals surface area contributed by atoms with Crippen LogP contribution in [0.4, 0.5) is 5.13 Å². The average Bonchev–Trinajstić information content (AvgIpc) is 3.26. The number of aromatic nitrogens is 1. The lowest BCUT2D eigenvalue weighted by atomic mass is 10.1. The van der Waals surface area contributed by atoms with Crippen molar-refractivity contribution in [3.8, 4) is 11.3 Å². The minimum absolute atomic E-state index is 0. The van der Waals surface area contributed by atoms with E-state index in [1.807, 2.05) is 18.4 Å². The highest BCUT2D eigenvalue weighted by molar-refractivity contribution is 8.00. The Bertz CT molecular complexity index is 845. The number of nitrogens with zero attached hydrogens (tertiary/aromatic N) is 1. The molecule has 0 unspecified atom stereocenters. The van der Waals surface area contributed by atoms with E-state index in [0.717, 1.165) is 44.9 Å². The second-order valence-corrected chi connectivity index (χ2v) is 8.47. The Hall–Kier alpha value is -1.54. The van der Waals surface area contributed by atoms with Gasteiger partial charge in [0, 0.05) is 17.5 Å². The van der Waals surface area contributed by atoms with Gasteiger partial charge < -0.3 is 11.1 Å². The Balaban J connectivity index is 0.00000243. The van der Waals surface area contributed by atoms with Crippen molar-refractivity contribution < 1.29 is 0 Å². The SMILES string of the molecule is CSc1sc(C(=N)N)cc1-c1csc(NCCCc2ccccc2)n1.Cl. The molecule has 26 heavy (non-hydrogen) atoms. The Morgan fingerprint density at radius 3 is 2.77 bits per heavy atom. The highest BCUT2D eigenvalue weighted by atomic mass is 35.5. The number of benzene rings is 1. The Kier molecular flexibility index (Phi) is 7.96. The van der Waals surface area contributed by atoms with Gasteiger partial charge >= 0.3 is 0 Å². The van der Waals surface area contributed by atoms with E-state index >= 15 is 0 Å². The van der Waals surface area contributed by atoms with Crippen LogP contribution in [0.5, 0.6) is 0 Å². The first-order valence-corrected chi connectivity index (χ1v) is 10.9. The van der Waals surface area contributed by atoms with Crippen molar-refractivity contribution in [2.75, 3.05) is 18.1 Å². The van der Waals surface area contributed by atoms with Gasteiger partial charge in [-0.3, -0.25) is 5.41 Å². The molecule has 0 saturated heterocycles. The van der Waals surface area contributed by atoms with Crippen LogP contribution in [0.15, 0.2) is 46.0 Å². The van der Waals surface area contributed by atoms with Crippen LogP contribution in [0, 0.1) is 5.41 Å². The summed E-state index contributed by atoms with van der Waals surface area (Å²) in [5.41, 5.74) is 9.00. The molecule has 138 valence electrons. The van der Waals surface area contributed by atoms with E-state index < -0.39 is 0 Å². The van der Waals surface area contributed by atoms with E-state index in [1.165, 1.54) is 5.56 Å². The fraction of sp³-hybridized carbons (Fsp3) is 0.222. The summed E-state index contributed by atoms with van der Waals surface area (Å²) >= 11 is 4.83. The van der Waals surface area contributed by atoms with Crippen LogP contribution in [-0.4, -0.2) is 23.6 Å². The van der Waals surface area contributed by atoms with Crippen molar-refractivity contribution in [1.82, 2.24) is 4.98 Å². The standard InChI is InChI=1S/C18H20N4S3.ClH/c1-23-17-13(10-15(25-17)16(19)20)14-11-24-18(22-14)21-9-5-8-12-6-3-2-4-7-12;/h2-4,6-7,10-11H,5,8-9H2,1H3,(H3,19,20)(H,21,22);1H. The normalized spacial score (nSPS) is 10.3. The quantitative estimate of drug-likeness (QED) is 0.197. The lowest BCUT2D eigenvalue weighted by Gasteiger charge is -2.03. The van der Waals surface area contributed by atoms with Crippen LogP contribution in [0.1, 0.15) is 16.9 Å². The van der Waals surface area contributed by atoms with E-state index in [-0.39, 0.29) is 18.2 Å². The van der Waals surface area contributed by atoms with Gasteiger partial charge in [0.15, 0.2) is 5.13 Å². The average molecular weight is 425 g/mol. The largest absolute Gasteiger partial charge is 0.383 e. The van der Waals surface area contributed by atoms with Crippen molar-refractivity contribution in [2.45, 2.75) is 17.1 Å². The number of hydrogen-bond donors (Lipinski definition) is 3. The highest BCUT2D eigenvalue weighted by Crippen LogP contribution is 2.38. The molecule has 4 N–H and O–H groups in total. The Morgan fingerprint density at radius 2 is 2.08 bits per heavy atom. The summed E-state index contributed by atoms with van der Waals surface area (Å²) in [6, 6.07) is 12.5. The third kappa shape index (κ3) is 5.23. The summed E-state index contributed by atoms with van der Waals surface area (Å²) in [5, 5.41) is 14.0. The van der Waals surface area contributed by atoms with Crippen molar-refractivity contribution in [3.05, 3.63) is 52.2 Å². The molecule has 0 fully saturated rings. The molecule has 2 aromatic heterocycles. The monoisotopic (exact) mass is 424 g/mol. The van der Waals surface area contributed by atoms with Crippen molar-refractivity contribution >= 4 is 57.8 Å². The second-order valence-electron chi connectivity index (χ2n) is 5.48. The zero-order chi connectivity index (χ0) is 17.6. The Labute approximate surface area is 172 Å². The number of anilines is 1. The molecule has 0 aliphatic carbocycles. The maximum atomic E-state index is 7.62. The van der Waals surface area contributed by atoms with Gasteiger partial charge in [0.05, 0.1) is 14.8 Å². The Morgan fingerprint density at radius 1 is 1.31 bits per heavy atom. The molecule has 0 saturated carbocycles. The number of nitrogens with two attached hydrogens (primary N) is 1. The summed E-state index contributed by atoms with van der Waals surface area (Å²) < 4.78 is 1.14. The van der Waals surface area contributed by atoms with Gasteiger partial charge in [0.1, 0.15) is 5.84 Å². The zero-order valence-electron chi connectivity index (χ0n) is 14.3. The summed E-state index contributed by atoms with van der Waals surface area (Å²) in [4.78, 5) is 5.49. The van der Waals surface area contributed by atoms with Gasteiger partial charge in [-0.05, 0) is 30.7 Å². The molecule has 0 atom stereocenters. The molecule has 8 heteroatoms. The maximum absolute atomic E-state index is 7.62. The smallest absolute Gasteiger partial charge is 0.183 e. The number of nitrogen functional groups attached to an aromatic ring is 1. The number of hydrogen-bond acceptors (Lipinski definition) is 6. The molecule has 1 aromatic carbocycles. The molecular weight excluding hydrogens is 404 g/mol. The summed E-state index contributed by atoms with van der Waals surface area (Å²) in [7, 11) is 0. The van der Waals surface area contributed by atoms with Crippen molar-refractivity contribution in [1.29, 1.82) is 5.41 Å². The first-order valence-electron chi connectivity index (χ1n) is 7.93. The predicted octanol–water partition coefficient (Wildman–Crippen LogP) is 5.34. The van der Waals surface area contributed by atoms with E-state index in [1.54, 1.807) is 34.4 Å². The molecule has 0 bridgehead atoms. The summed E-state index contributed by atoms with van der Waals surface area (Å²) in [6.07, 6.45) is 4.17. The van der Waals surface area contributed by atoms with Crippen molar-refractivity contribution in [2.24, 2.45) is 5.73 Å². The highest BCUT2D eigenvalue weighted by Gasteiger charge is 2.14. The maximum Gasteiger partial charge on any atom is 0.183 e. The molecule has 3 aromatic rings. The van der Waals surface area contributed by atoms with E-state index in [9.17, 15) is 0 Å². The molecule has 0 amide bonds. The van der Waals surface area contributed by atoms with Gasteiger partial charge in [-0.15, -0.1) is 46.8 Å². The van der Waals surface area contributed by atoms with Crippen molar-refractivity contribution in [3.63, 3.8) is 0 Å². The molecule has 2 heterocycles. The number of amidine groups is 1. The molecule has 3 rings (SSSR count). The zero-order valence-corrected chi connectivity index (χ0v) is 17.6. The lowest BCUT2D eigenvalue weighted by Crippen LogP contribution is -2.08. The fourth-order valence-corrected chi connectivity index (χ4v) is 4.93. The molecule has 4 nitrogen and oxygen atoms in total. The third-order valence-electron chi connectivity index (χ3n) is 3.69. The van der Waals surface area contributed by atoms with Crippen LogP contribution in [0.25, 0.3) is 11.3 Å². The molecular formula is C18H21ClN4S3. The van der Waals surface area contributed by atoms with Crippen LogP contribution < -0.4 is 11.1 Å². The first kappa shape index (κ1) is 20.8. The third-order valence-corrected chi connectivity index (χ3v) is 6.79. The number of aryl methyl sites for hydroxylation is 1. The van der Waals surface area contributed by atoms with Gasteiger partial charge in [0.2, 0.25) is 0 Å². The van der Waals surface area contributed by atoms with E-state index in [4.69, 9.17) is 16.1 Å². The molecule has 0 spiro atoms. The number of thiophene rings is 1. The van der Waals surface area contributed by atoms with Gasteiger partial charge in [-0.2, -0.15) is 0 Å². The van der Waals surface area contributed by atoms with E-state index in [0.29, 0.717) is 0 Å². The number of thiazole rings is 1. The predicted molar refractivity (Wildman–Crippen MR) is 119 cm³/mol. The van der Waals surface area contributed by atoms with E-state index in [2.05, 4.69) is 35.0 Å². The second kappa shape index (κ2) is 9.97. The number of thioether (sulfide) groups is 1. The lowest BCUT2D eigenvalue weighted by molar-refractivity contribution is 0.862.